The van der Waals surface area contributed by atoms with Gasteiger partial charge in [0.2, 0.25) is 5.91 Å². The van der Waals surface area contributed by atoms with Gasteiger partial charge in [-0.3, -0.25) is 14.5 Å². The predicted molar refractivity (Wildman–Crippen MR) is 89.7 cm³/mol. The summed E-state index contributed by atoms with van der Waals surface area (Å²) in [6.45, 7) is 0.406. The van der Waals surface area contributed by atoms with Crippen LogP contribution in [0.25, 0.3) is 0 Å². The van der Waals surface area contributed by atoms with Gasteiger partial charge in [0.05, 0.1) is 12.7 Å². The Morgan fingerprint density at radius 3 is 2.40 bits per heavy atom. The first-order valence-electron chi connectivity index (χ1n) is 7.90. The molecule has 2 amide bonds. The fraction of sp³-hybridized carbons (Fsp3) is 0.211. The highest BCUT2D eigenvalue weighted by molar-refractivity contribution is 6.06. The lowest BCUT2D eigenvalue weighted by molar-refractivity contribution is -0.125. The Morgan fingerprint density at radius 1 is 1.00 bits per heavy atom. The molecule has 0 bridgehead atoms. The molecule has 1 aliphatic rings. The third-order valence-electron chi connectivity index (χ3n) is 3.94. The molecule has 3 rings (SSSR count). The SMILES string of the molecule is COc1ccc(C(=O)N2CCCC2=O)cc1OC(=O)c1ccccc1. The zero-order chi connectivity index (χ0) is 17.8. The molecule has 128 valence electrons. The molecule has 0 aliphatic carbocycles. The van der Waals surface area contributed by atoms with E-state index in [1.165, 1.54) is 18.1 Å². The van der Waals surface area contributed by atoms with Gasteiger partial charge >= 0.3 is 5.97 Å². The maximum atomic E-state index is 12.5. The minimum Gasteiger partial charge on any atom is -0.493 e. The van der Waals surface area contributed by atoms with Crippen LogP contribution >= 0.6 is 0 Å². The Kier molecular flexibility index (Phi) is 4.79. The van der Waals surface area contributed by atoms with Crippen molar-refractivity contribution in [1.29, 1.82) is 0 Å². The van der Waals surface area contributed by atoms with Gasteiger partial charge in [-0.25, -0.2) is 4.79 Å². The number of hydrogen-bond donors (Lipinski definition) is 0. The van der Waals surface area contributed by atoms with E-state index >= 15 is 0 Å². The summed E-state index contributed by atoms with van der Waals surface area (Å²) in [6, 6.07) is 13.0. The molecule has 0 saturated carbocycles. The van der Waals surface area contributed by atoms with E-state index in [2.05, 4.69) is 0 Å². The van der Waals surface area contributed by atoms with Crippen molar-refractivity contribution in [2.45, 2.75) is 12.8 Å². The maximum Gasteiger partial charge on any atom is 0.343 e. The summed E-state index contributed by atoms with van der Waals surface area (Å²) in [6.07, 6.45) is 1.04. The van der Waals surface area contributed by atoms with E-state index in [0.717, 1.165) is 0 Å². The monoisotopic (exact) mass is 339 g/mol. The predicted octanol–water partition coefficient (Wildman–Crippen LogP) is 2.68. The van der Waals surface area contributed by atoms with Crippen molar-refractivity contribution in [3.63, 3.8) is 0 Å². The summed E-state index contributed by atoms with van der Waals surface area (Å²) >= 11 is 0. The Labute approximate surface area is 145 Å². The van der Waals surface area contributed by atoms with Crippen LogP contribution in [0.3, 0.4) is 0 Å². The lowest BCUT2D eigenvalue weighted by Gasteiger charge is -2.15. The number of nitrogens with zero attached hydrogens (tertiary/aromatic N) is 1. The van der Waals surface area contributed by atoms with Crippen LogP contribution in [-0.4, -0.2) is 36.3 Å². The topological polar surface area (TPSA) is 72.9 Å². The molecule has 0 unspecified atom stereocenters. The van der Waals surface area contributed by atoms with E-state index in [1.807, 2.05) is 0 Å². The van der Waals surface area contributed by atoms with E-state index < -0.39 is 11.9 Å². The number of esters is 1. The molecule has 0 spiro atoms. The Balaban J connectivity index is 1.86. The van der Waals surface area contributed by atoms with Crippen molar-refractivity contribution in [3.8, 4) is 11.5 Å². The molecule has 0 radical (unpaired) electrons. The number of hydrogen-bond acceptors (Lipinski definition) is 5. The number of amides is 2. The average molecular weight is 339 g/mol. The molecule has 1 heterocycles. The molecular formula is C19H17NO5. The minimum absolute atomic E-state index is 0.133. The van der Waals surface area contributed by atoms with Crippen LogP contribution in [0.15, 0.2) is 48.5 Å². The summed E-state index contributed by atoms with van der Waals surface area (Å²) < 4.78 is 10.6. The lowest BCUT2D eigenvalue weighted by atomic mass is 10.1. The van der Waals surface area contributed by atoms with Crippen LogP contribution < -0.4 is 9.47 Å². The van der Waals surface area contributed by atoms with Crippen molar-refractivity contribution < 1.29 is 23.9 Å². The molecule has 0 N–H and O–H groups in total. The zero-order valence-electron chi connectivity index (χ0n) is 13.7. The zero-order valence-corrected chi connectivity index (χ0v) is 13.7. The van der Waals surface area contributed by atoms with Crippen LogP contribution in [0.4, 0.5) is 0 Å². The van der Waals surface area contributed by atoms with Crippen LogP contribution in [0, 0.1) is 0 Å². The van der Waals surface area contributed by atoms with Crippen molar-refractivity contribution >= 4 is 17.8 Å². The number of ether oxygens (including phenoxy) is 2. The van der Waals surface area contributed by atoms with Gasteiger partial charge in [0.25, 0.3) is 5.91 Å². The van der Waals surface area contributed by atoms with Gasteiger partial charge in [-0.05, 0) is 36.8 Å². The highest BCUT2D eigenvalue weighted by atomic mass is 16.6. The molecule has 6 heteroatoms. The fourth-order valence-corrected chi connectivity index (χ4v) is 2.64. The summed E-state index contributed by atoms with van der Waals surface area (Å²) in [7, 11) is 1.45. The number of carbonyl (C=O) groups is 3. The van der Waals surface area contributed by atoms with Gasteiger partial charge in [0.1, 0.15) is 0 Å². The first-order valence-corrected chi connectivity index (χ1v) is 7.90. The number of rotatable bonds is 4. The molecule has 2 aromatic rings. The second kappa shape index (κ2) is 7.17. The molecular weight excluding hydrogens is 322 g/mol. The second-order valence-corrected chi connectivity index (χ2v) is 5.58. The van der Waals surface area contributed by atoms with E-state index in [9.17, 15) is 14.4 Å². The molecule has 0 aromatic heterocycles. The highest BCUT2D eigenvalue weighted by Gasteiger charge is 2.28. The van der Waals surface area contributed by atoms with E-state index in [-0.39, 0.29) is 17.2 Å². The third kappa shape index (κ3) is 3.52. The lowest BCUT2D eigenvalue weighted by Crippen LogP contribution is -2.31. The van der Waals surface area contributed by atoms with Gasteiger partial charge in [-0.15, -0.1) is 0 Å². The summed E-state index contributed by atoms with van der Waals surface area (Å²) in [5.41, 5.74) is 0.655. The Bertz CT molecular complexity index is 816. The van der Waals surface area contributed by atoms with Gasteiger partial charge in [-0.2, -0.15) is 0 Å². The van der Waals surface area contributed by atoms with Gasteiger partial charge in [0.15, 0.2) is 11.5 Å². The molecule has 1 fully saturated rings. The smallest absolute Gasteiger partial charge is 0.343 e. The van der Waals surface area contributed by atoms with Gasteiger partial charge < -0.3 is 9.47 Å². The molecule has 0 atom stereocenters. The third-order valence-corrected chi connectivity index (χ3v) is 3.94. The van der Waals surface area contributed by atoms with Crippen molar-refractivity contribution in [2.75, 3.05) is 13.7 Å². The minimum atomic E-state index is -0.555. The standard InChI is InChI=1S/C19H17NO5/c1-24-15-10-9-14(18(22)20-11-5-8-17(20)21)12-16(15)25-19(23)13-6-3-2-4-7-13/h2-4,6-7,9-10,12H,5,8,11H2,1H3. The van der Waals surface area contributed by atoms with E-state index in [4.69, 9.17) is 9.47 Å². The van der Waals surface area contributed by atoms with Gasteiger partial charge in [-0.1, -0.05) is 18.2 Å². The number of imide groups is 1. The number of likely N-dealkylation sites (tertiary alicyclic amines) is 1. The first-order chi connectivity index (χ1) is 12.1. The molecule has 1 aliphatic heterocycles. The molecule has 6 nitrogen and oxygen atoms in total. The molecule has 25 heavy (non-hydrogen) atoms. The normalized spacial score (nSPS) is 13.6. The quantitative estimate of drug-likeness (QED) is 0.486. The van der Waals surface area contributed by atoms with Crippen LogP contribution in [-0.2, 0) is 4.79 Å². The van der Waals surface area contributed by atoms with E-state index in [1.54, 1.807) is 42.5 Å². The van der Waals surface area contributed by atoms with Crippen molar-refractivity contribution in [3.05, 3.63) is 59.7 Å². The van der Waals surface area contributed by atoms with Crippen LogP contribution in [0.5, 0.6) is 11.5 Å². The first kappa shape index (κ1) is 16.7. The van der Waals surface area contributed by atoms with Gasteiger partial charge in [0, 0.05) is 18.5 Å². The fourth-order valence-electron chi connectivity index (χ4n) is 2.64. The maximum absolute atomic E-state index is 12.5. The number of carbonyl (C=O) groups excluding carboxylic acids is 3. The van der Waals surface area contributed by atoms with E-state index in [0.29, 0.717) is 30.7 Å². The van der Waals surface area contributed by atoms with Crippen molar-refractivity contribution in [2.24, 2.45) is 0 Å². The average Bonchev–Trinajstić information content (AvgIpc) is 3.07. The second-order valence-electron chi connectivity index (χ2n) is 5.58. The Morgan fingerprint density at radius 2 is 1.76 bits per heavy atom. The number of benzene rings is 2. The molecule has 1 saturated heterocycles. The summed E-state index contributed by atoms with van der Waals surface area (Å²) in [4.78, 5) is 37.7. The largest absolute Gasteiger partial charge is 0.493 e. The van der Waals surface area contributed by atoms with Crippen LogP contribution in [0.2, 0.25) is 0 Å². The molecule has 2 aromatic carbocycles. The van der Waals surface area contributed by atoms with Crippen LogP contribution in [0.1, 0.15) is 33.6 Å². The highest BCUT2D eigenvalue weighted by Crippen LogP contribution is 2.30. The van der Waals surface area contributed by atoms with Crippen molar-refractivity contribution in [1.82, 2.24) is 4.90 Å². The summed E-state index contributed by atoms with van der Waals surface area (Å²) in [5, 5.41) is 0. The Hall–Kier alpha value is -3.15. The number of methoxy groups -OCH3 is 1. The summed E-state index contributed by atoms with van der Waals surface area (Å²) in [5.74, 6) is -0.686.